The Morgan fingerprint density at radius 3 is 2.28 bits per heavy atom. The van der Waals surface area contributed by atoms with Gasteiger partial charge in [0.2, 0.25) is 5.89 Å². The van der Waals surface area contributed by atoms with Gasteiger partial charge in [-0.15, -0.1) is 0 Å². The van der Waals surface area contributed by atoms with Crippen molar-refractivity contribution in [3.63, 3.8) is 0 Å². The van der Waals surface area contributed by atoms with E-state index in [9.17, 15) is 4.79 Å². The second-order valence-electron chi connectivity index (χ2n) is 7.87. The lowest BCUT2D eigenvalue weighted by atomic mass is 10.1. The van der Waals surface area contributed by atoms with Gasteiger partial charge in [0.05, 0.1) is 14.2 Å². The summed E-state index contributed by atoms with van der Waals surface area (Å²) in [6, 6.07) is 18.7. The Hall–Kier alpha value is -4.11. The van der Waals surface area contributed by atoms with Crippen molar-refractivity contribution < 1.29 is 18.7 Å². The zero-order valence-corrected chi connectivity index (χ0v) is 21.4. The number of ether oxygens (including phenoxy) is 2. The van der Waals surface area contributed by atoms with E-state index >= 15 is 0 Å². The summed E-state index contributed by atoms with van der Waals surface area (Å²) >= 11 is 5.36. The summed E-state index contributed by atoms with van der Waals surface area (Å²) in [5.41, 5.74) is 4.30. The van der Waals surface area contributed by atoms with Gasteiger partial charge < -0.3 is 24.1 Å². The number of oxazole rings is 1. The number of aromatic nitrogens is 1. The van der Waals surface area contributed by atoms with Crippen LogP contribution in [0.1, 0.15) is 24.2 Å². The van der Waals surface area contributed by atoms with Crippen LogP contribution in [0.4, 0.5) is 11.4 Å². The van der Waals surface area contributed by atoms with Crippen molar-refractivity contribution in [2.45, 2.75) is 13.8 Å². The molecule has 9 heteroatoms. The molecule has 186 valence electrons. The number of carbonyl (C=O) groups excluding carboxylic acids is 1. The Morgan fingerprint density at radius 1 is 1.00 bits per heavy atom. The summed E-state index contributed by atoms with van der Waals surface area (Å²) in [6.45, 7) is 6.17. The third-order valence-electron chi connectivity index (χ3n) is 5.77. The molecule has 1 amide bonds. The SMILES string of the molecule is CCN(CC)c1ccc(-c2nc3cc(NC(=S)NC(=O)c4c(OC)cccc4OC)ccc3o2)cc1. The molecule has 2 N–H and O–H groups in total. The highest BCUT2D eigenvalue weighted by Crippen LogP contribution is 2.29. The second kappa shape index (κ2) is 11.1. The zero-order chi connectivity index (χ0) is 25.7. The summed E-state index contributed by atoms with van der Waals surface area (Å²) in [5, 5.41) is 5.82. The highest BCUT2D eigenvalue weighted by atomic mass is 32.1. The second-order valence-corrected chi connectivity index (χ2v) is 8.27. The summed E-state index contributed by atoms with van der Waals surface area (Å²) in [5.74, 6) is 0.861. The van der Waals surface area contributed by atoms with Crippen LogP contribution < -0.4 is 25.0 Å². The van der Waals surface area contributed by atoms with Crippen molar-refractivity contribution in [1.82, 2.24) is 10.3 Å². The van der Waals surface area contributed by atoms with E-state index in [-0.39, 0.29) is 10.7 Å². The Labute approximate surface area is 215 Å². The molecule has 0 aliphatic rings. The van der Waals surface area contributed by atoms with Crippen LogP contribution >= 0.6 is 12.2 Å². The van der Waals surface area contributed by atoms with Gasteiger partial charge in [0, 0.05) is 30.0 Å². The highest BCUT2D eigenvalue weighted by Gasteiger charge is 2.19. The number of nitrogens with zero attached hydrogens (tertiary/aromatic N) is 2. The Morgan fingerprint density at radius 2 is 1.67 bits per heavy atom. The number of amides is 1. The molecule has 0 atom stereocenters. The lowest BCUT2D eigenvalue weighted by molar-refractivity contribution is 0.0971. The Balaban J connectivity index is 1.48. The van der Waals surface area contributed by atoms with E-state index in [1.165, 1.54) is 14.2 Å². The fraction of sp³-hybridized carbons (Fsp3) is 0.222. The predicted octanol–water partition coefficient (Wildman–Crippen LogP) is 5.49. The molecule has 36 heavy (non-hydrogen) atoms. The fourth-order valence-corrected chi connectivity index (χ4v) is 4.15. The highest BCUT2D eigenvalue weighted by molar-refractivity contribution is 7.80. The molecule has 0 aliphatic heterocycles. The Bertz CT molecular complexity index is 1360. The topological polar surface area (TPSA) is 88.9 Å². The molecule has 0 saturated heterocycles. The minimum absolute atomic E-state index is 0.128. The molecule has 8 nitrogen and oxygen atoms in total. The molecule has 0 spiro atoms. The first kappa shape index (κ1) is 25.0. The average molecular weight is 505 g/mol. The van der Waals surface area contributed by atoms with Crippen LogP contribution in [0.3, 0.4) is 0 Å². The largest absolute Gasteiger partial charge is 0.496 e. The van der Waals surface area contributed by atoms with Crippen molar-refractivity contribution in [3.8, 4) is 23.0 Å². The molecule has 0 unspecified atom stereocenters. The van der Waals surface area contributed by atoms with Crippen molar-refractivity contribution in [3.05, 3.63) is 66.2 Å². The van der Waals surface area contributed by atoms with E-state index in [0.717, 1.165) is 24.3 Å². The van der Waals surface area contributed by atoms with Crippen LogP contribution in [-0.4, -0.2) is 43.3 Å². The van der Waals surface area contributed by atoms with Gasteiger partial charge in [-0.1, -0.05) is 6.07 Å². The van der Waals surface area contributed by atoms with Crippen molar-refractivity contribution in [1.29, 1.82) is 0 Å². The van der Waals surface area contributed by atoms with Gasteiger partial charge in [-0.05, 0) is 80.7 Å². The van der Waals surface area contributed by atoms with Crippen LogP contribution in [0.15, 0.2) is 65.1 Å². The number of nitrogens with one attached hydrogen (secondary N) is 2. The minimum atomic E-state index is -0.445. The summed E-state index contributed by atoms with van der Waals surface area (Å²) in [4.78, 5) is 19.8. The van der Waals surface area contributed by atoms with Crippen LogP contribution in [0.5, 0.6) is 11.5 Å². The van der Waals surface area contributed by atoms with Gasteiger partial charge >= 0.3 is 0 Å². The standard InChI is InChI=1S/C27H28N4O4S/c1-5-31(6-2)19-13-10-17(11-14-19)26-29-20-16-18(12-15-21(20)35-26)28-27(36)30-25(32)24-22(33-3)8-7-9-23(24)34-4/h7-16H,5-6H2,1-4H3,(H2,28,30,32,36). The van der Waals surface area contributed by atoms with Gasteiger partial charge in [-0.25, -0.2) is 4.98 Å². The van der Waals surface area contributed by atoms with E-state index in [1.807, 2.05) is 30.3 Å². The third-order valence-corrected chi connectivity index (χ3v) is 5.97. The maximum Gasteiger partial charge on any atom is 0.264 e. The summed E-state index contributed by atoms with van der Waals surface area (Å²) in [6.07, 6.45) is 0. The molecule has 4 rings (SSSR count). The first-order valence-electron chi connectivity index (χ1n) is 11.6. The predicted molar refractivity (Wildman–Crippen MR) is 146 cm³/mol. The maximum atomic E-state index is 12.9. The lowest BCUT2D eigenvalue weighted by Gasteiger charge is -2.20. The number of thiocarbonyl (C=S) groups is 1. The van der Waals surface area contributed by atoms with Gasteiger partial charge in [0.25, 0.3) is 5.91 Å². The molecule has 0 aliphatic carbocycles. The molecule has 1 aromatic heterocycles. The molecule has 3 aromatic carbocycles. The number of hydrogen-bond donors (Lipinski definition) is 2. The zero-order valence-electron chi connectivity index (χ0n) is 20.6. The van der Waals surface area contributed by atoms with Gasteiger partial charge in [0.1, 0.15) is 22.6 Å². The number of carbonyl (C=O) groups is 1. The number of anilines is 2. The molecule has 0 saturated carbocycles. The average Bonchev–Trinajstić information content (AvgIpc) is 3.32. The number of rotatable bonds is 8. The smallest absolute Gasteiger partial charge is 0.264 e. The van der Waals surface area contributed by atoms with Crippen molar-refractivity contribution in [2.24, 2.45) is 0 Å². The fourth-order valence-electron chi connectivity index (χ4n) is 3.94. The maximum absolute atomic E-state index is 12.9. The molecule has 0 bridgehead atoms. The van der Waals surface area contributed by atoms with Crippen LogP contribution in [0.25, 0.3) is 22.6 Å². The Kier molecular flexibility index (Phi) is 7.70. The normalized spacial score (nSPS) is 10.7. The number of fused-ring (bicyclic) bond motifs is 1. The van der Waals surface area contributed by atoms with E-state index in [4.69, 9.17) is 26.1 Å². The van der Waals surface area contributed by atoms with Gasteiger partial charge in [0.15, 0.2) is 10.7 Å². The molecular formula is C27H28N4O4S. The number of benzene rings is 3. The molecule has 1 heterocycles. The summed E-state index contributed by atoms with van der Waals surface area (Å²) < 4.78 is 16.6. The van der Waals surface area contributed by atoms with Crippen LogP contribution in [-0.2, 0) is 0 Å². The molecule has 0 radical (unpaired) electrons. The molecular weight excluding hydrogens is 476 g/mol. The molecule has 0 fully saturated rings. The molecule has 4 aromatic rings. The summed E-state index contributed by atoms with van der Waals surface area (Å²) in [7, 11) is 2.98. The van der Waals surface area contributed by atoms with Crippen LogP contribution in [0, 0.1) is 0 Å². The van der Waals surface area contributed by atoms with E-state index in [2.05, 4.69) is 46.5 Å². The first-order chi connectivity index (χ1) is 17.5. The quantitative estimate of drug-likeness (QED) is 0.305. The monoisotopic (exact) mass is 504 g/mol. The van der Waals surface area contributed by atoms with E-state index in [1.54, 1.807) is 18.2 Å². The van der Waals surface area contributed by atoms with Crippen molar-refractivity contribution in [2.75, 3.05) is 37.5 Å². The van der Waals surface area contributed by atoms with E-state index < -0.39 is 5.91 Å². The minimum Gasteiger partial charge on any atom is -0.496 e. The van der Waals surface area contributed by atoms with E-state index in [0.29, 0.717) is 34.2 Å². The third kappa shape index (κ3) is 5.26. The lowest BCUT2D eigenvalue weighted by Crippen LogP contribution is -2.34. The van der Waals surface area contributed by atoms with Gasteiger partial charge in [-0.3, -0.25) is 10.1 Å². The number of methoxy groups -OCH3 is 2. The van der Waals surface area contributed by atoms with Crippen LogP contribution in [0.2, 0.25) is 0 Å². The van der Waals surface area contributed by atoms with Gasteiger partial charge in [-0.2, -0.15) is 0 Å². The van der Waals surface area contributed by atoms with Crippen molar-refractivity contribution >= 4 is 45.7 Å². The number of hydrogen-bond acceptors (Lipinski definition) is 7. The first-order valence-corrected chi connectivity index (χ1v) is 12.0.